The average molecular weight is 237 g/mol. The molecular formula is C14H20FNO. The number of carbonyl (C=O) groups is 1. The Bertz CT molecular complexity index is 403. The number of nitrogens with zero attached hydrogens (tertiary/aromatic N) is 1. The highest BCUT2D eigenvalue weighted by molar-refractivity contribution is 5.99. The highest BCUT2D eigenvalue weighted by Crippen LogP contribution is 2.25. The third-order valence-electron chi connectivity index (χ3n) is 3.03. The number of carbonyl (C=O) groups excluding carboxylic acids is 1. The summed E-state index contributed by atoms with van der Waals surface area (Å²) in [7, 11) is 1.83. The molecule has 0 fully saturated rings. The van der Waals surface area contributed by atoms with E-state index < -0.39 is 0 Å². The molecule has 0 aromatic heterocycles. The molecule has 3 heteroatoms. The van der Waals surface area contributed by atoms with Gasteiger partial charge in [-0.2, -0.15) is 0 Å². The van der Waals surface area contributed by atoms with Crippen molar-refractivity contribution in [3.05, 3.63) is 29.6 Å². The maximum absolute atomic E-state index is 13.8. The van der Waals surface area contributed by atoms with Gasteiger partial charge >= 0.3 is 0 Å². The number of para-hydroxylation sites is 1. The number of anilines is 1. The van der Waals surface area contributed by atoms with Crippen molar-refractivity contribution < 1.29 is 9.18 Å². The van der Waals surface area contributed by atoms with Crippen LogP contribution in [-0.4, -0.2) is 19.4 Å². The molecule has 17 heavy (non-hydrogen) atoms. The van der Waals surface area contributed by atoms with Gasteiger partial charge in [-0.25, -0.2) is 4.39 Å². The van der Waals surface area contributed by atoms with Crippen molar-refractivity contribution in [3.63, 3.8) is 0 Å². The van der Waals surface area contributed by atoms with Gasteiger partial charge in [0, 0.05) is 19.2 Å². The second-order valence-corrected chi connectivity index (χ2v) is 4.59. The normalized spacial score (nSPS) is 12.3. The molecular weight excluding hydrogens is 217 g/mol. The standard InChI is InChI=1S/C14H20FNO/c1-5-10(2)9-16(4)14-12(11(3)17)7-6-8-13(14)15/h6-8,10H,5,9H2,1-4H3. The molecule has 0 aliphatic rings. The minimum Gasteiger partial charge on any atom is -0.371 e. The van der Waals surface area contributed by atoms with Crippen molar-refractivity contribution >= 4 is 11.5 Å². The first-order valence-corrected chi connectivity index (χ1v) is 5.98. The third kappa shape index (κ3) is 3.29. The van der Waals surface area contributed by atoms with E-state index in [1.165, 1.54) is 13.0 Å². The summed E-state index contributed by atoms with van der Waals surface area (Å²) < 4.78 is 13.8. The average Bonchev–Trinajstić information content (AvgIpc) is 2.28. The monoisotopic (exact) mass is 237 g/mol. The zero-order valence-corrected chi connectivity index (χ0v) is 11.0. The second kappa shape index (κ2) is 5.80. The lowest BCUT2D eigenvalue weighted by molar-refractivity contribution is 0.101. The van der Waals surface area contributed by atoms with Crippen molar-refractivity contribution in [1.82, 2.24) is 0 Å². The van der Waals surface area contributed by atoms with Gasteiger partial charge in [0.1, 0.15) is 5.82 Å². The number of halogens is 1. The molecule has 1 unspecified atom stereocenters. The molecule has 0 saturated carbocycles. The molecule has 0 N–H and O–H groups in total. The Labute approximate surface area is 102 Å². The third-order valence-corrected chi connectivity index (χ3v) is 3.03. The number of hydrogen-bond donors (Lipinski definition) is 0. The van der Waals surface area contributed by atoms with Gasteiger partial charge in [0.15, 0.2) is 5.78 Å². The Morgan fingerprint density at radius 1 is 1.47 bits per heavy atom. The van der Waals surface area contributed by atoms with E-state index in [-0.39, 0.29) is 11.6 Å². The summed E-state index contributed by atoms with van der Waals surface area (Å²) in [6, 6.07) is 4.65. The molecule has 0 radical (unpaired) electrons. The molecule has 1 aromatic carbocycles. The largest absolute Gasteiger partial charge is 0.371 e. The zero-order chi connectivity index (χ0) is 13.0. The lowest BCUT2D eigenvalue weighted by Gasteiger charge is -2.25. The fraction of sp³-hybridized carbons (Fsp3) is 0.500. The van der Waals surface area contributed by atoms with E-state index in [1.54, 1.807) is 12.1 Å². The van der Waals surface area contributed by atoms with Gasteiger partial charge in [-0.15, -0.1) is 0 Å². The fourth-order valence-electron chi connectivity index (χ4n) is 1.88. The summed E-state index contributed by atoms with van der Waals surface area (Å²) in [5, 5.41) is 0. The quantitative estimate of drug-likeness (QED) is 0.730. The van der Waals surface area contributed by atoms with Crippen molar-refractivity contribution in [1.29, 1.82) is 0 Å². The van der Waals surface area contributed by atoms with Crippen LogP contribution in [0.2, 0.25) is 0 Å². The molecule has 0 aliphatic heterocycles. The van der Waals surface area contributed by atoms with Gasteiger partial charge in [0.05, 0.1) is 5.69 Å². The maximum Gasteiger partial charge on any atom is 0.161 e. The van der Waals surface area contributed by atoms with E-state index in [0.29, 0.717) is 17.2 Å². The van der Waals surface area contributed by atoms with E-state index in [9.17, 15) is 9.18 Å². The summed E-state index contributed by atoms with van der Waals surface area (Å²) in [4.78, 5) is 13.3. The van der Waals surface area contributed by atoms with Crippen LogP contribution in [0.4, 0.5) is 10.1 Å². The minimum absolute atomic E-state index is 0.101. The summed E-state index contributed by atoms with van der Waals surface area (Å²) in [6.45, 7) is 6.43. The zero-order valence-electron chi connectivity index (χ0n) is 11.0. The van der Waals surface area contributed by atoms with Crippen molar-refractivity contribution in [3.8, 4) is 0 Å². The van der Waals surface area contributed by atoms with Gasteiger partial charge in [0.2, 0.25) is 0 Å². The number of benzene rings is 1. The topological polar surface area (TPSA) is 20.3 Å². The molecule has 1 rings (SSSR count). The molecule has 0 heterocycles. The highest BCUT2D eigenvalue weighted by atomic mass is 19.1. The first kappa shape index (κ1) is 13.7. The van der Waals surface area contributed by atoms with Crippen LogP contribution in [0.25, 0.3) is 0 Å². The van der Waals surface area contributed by atoms with Gasteiger partial charge in [-0.3, -0.25) is 4.79 Å². The Hall–Kier alpha value is -1.38. The van der Waals surface area contributed by atoms with E-state index in [2.05, 4.69) is 13.8 Å². The van der Waals surface area contributed by atoms with E-state index in [4.69, 9.17) is 0 Å². The summed E-state index contributed by atoms with van der Waals surface area (Å²) in [5.41, 5.74) is 0.871. The molecule has 1 aromatic rings. The second-order valence-electron chi connectivity index (χ2n) is 4.59. The molecule has 2 nitrogen and oxygen atoms in total. The Kier molecular flexibility index (Phi) is 4.67. The minimum atomic E-state index is -0.330. The number of hydrogen-bond acceptors (Lipinski definition) is 2. The molecule has 1 atom stereocenters. The Balaban J connectivity index is 3.06. The fourth-order valence-corrected chi connectivity index (χ4v) is 1.88. The van der Waals surface area contributed by atoms with E-state index >= 15 is 0 Å². The lowest BCUT2D eigenvalue weighted by Crippen LogP contribution is -2.26. The Morgan fingerprint density at radius 3 is 2.65 bits per heavy atom. The van der Waals surface area contributed by atoms with Crippen LogP contribution >= 0.6 is 0 Å². The van der Waals surface area contributed by atoms with Crippen LogP contribution in [0.1, 0.15) is 37.6 Å². The summed E-state index contributed by atoms with van der Waals surface area (Å²) >= 11 is 0. The van der Waals surface area contributed by atoms with Gasteiger partial charge < -0.3 is 4.90 Å². The molecule has 0 amide bonds. The van der Waals surface area contributed by atoms with Crippen LogP contribution in [0.5, 0.6) is 0 Å². The summed E-state index contributed by atoms with van der Waals surface area (Å²) in [5.74, 6) is 0.0402. The van der Waals surface area contributed by atoms with Crippen molar-refractivity contribution in [2.45, 2.75) is 27.2 Å². The lowest BCUT2D eigenvalue weighted by atomic mass is 10.1. The van der Waals surface area contributed by atoms with Gasteiger partial charge in [-0.05, 0) is 25.0 Å². The van der Waals surface area contributed by atoms with E-state index in [1.807, 2.05) is 11.9 Å². The molecule has 94 valence electrons. The molecule has 0 aliphatic carbocycles. The SMILES string of the molecule is CCC(C)CN(C)c1c(F)cccc1C(C)=O. The van der Waals surface area contributed by atoms with Crippen molar-refractivity contribution in [2.75, 3.05) is 18.5 Å². The maximum atomic E-state index is 13.8. The molecule has 0 bridgehead atoms. The number of rotatable bonds is 5. The number of Topliss-reactive ketones (excluding diaryl/α,β-unsaturated/α-hetero) is 1. The van der Waals surface area contributed by atoms with E-state index in [0.717, 1.165) is 13.0 Å². The van der Waals surface area contributed by atoms with Crippen LogP contribution in [0.15, 0.2) is 18.2 Å². The van der Waals surface area contributed by atoms with Gasteiger partial charge in [0.25, 0.3) is 0 Å². The number of ketones is 1. The van der Waals surface area contributed by atoms with Crippen LogP contribution < -0.4 is 4.90 Å². The Morgan fingerprint density at radius 2 is 2.12 bits per heavy atom. The van der Waals surface area contributed by atoms with Gasteiger partial charge in [-0.1, -0.05) is 26.3 Å². The summed E-state index contributed by atoms with van der Waals surface area (Å²) in [6.07, 6.45) is 1.04. The predicted octanol–water partition coefficient (Wildman–Crippen LogP) is 3.51. The first-order chi connectivity index (χ1) is 7.97. The highest BCUT2D eigenvalue weighted by Gasteiger charge is 2.16. The van der Waals surface area contributed by atoms with Crippen LogP contribution in [0.3, 0.4) is 0 Å². The van der Waals surface area contributed by atoms with Crippen LogP contribution in [0, 0.1) is 11.7 Å². The molecule has 0 saturated heterocycles. The predicted molar refractivity (Wildman–Crippen MR) is 69.1 cm³/mol. The first-order valence-electron chi connectivity index (χ1n) is 5.98. The molecule has 0 spiro atoms. The van der Waals surface area contributed by atoms with Crippen molar-refractivity contribution in [2.24, 2.45) is 5.92 Å². The smallest absolute Gasteiger partial charge is 0.161 e. The van der Waals surface area contributed by atoms with Crippen LogP contribution in [-0.2, 0) is 0 Å².